The fraction of sp³-hybridized carbons (Fsp3) is 0.379. The summed E-state index contributed by atoms with van der Waals surface area (Å²) in [4.78, 5) is 38.2. The predicted octanol–water partition coefficient (Wildman–Crippen LogP) is 3.20. The van der Waals surface area contributed by atoms with E-state index in [1.807, 2.05) is 4.98 Å². The number of nitrogens with one attached hydrogen (secondary N) is 2. The first-order valence-electron chi connectivity index (χ1n) is 13.6. The molecule has 1 fully saturated rings. The van der Waals surface area contributed by atoms with Gasteiger partial charge in [0.15, 0.2) is 11.9 Å². The van der Waals surface area contributed by atoms with Crippen LogP contribution < -0.4 is 20.9 Å². The number of H-pyrrole nitrogens is 1. The van der Waals surface area contributed by atoms with Gasteiger partial charge in [-0.05, 0) is 63.1 Å². The molecule has 1 unspecified atom stereocenters. The molecule has 0 radical (unpaired) electrons. The van der Waals surface area contributed by atoms with Gasteiger partial charge in [0, 0.05) is 12.3 Å². The van der Waals surface area contributed by atoms with Gasteiger partial charge in [0.05, 0.1) is 24.3 Å². The largest absolute Gasteiger partial charge is 0.462 e. The molecule has 2 aromatic carbocycles. The molecule has 0 aliphatic carbocycles. The van der Waals surface area contributed by atoms with Gasteiger partial charge in [0.2, 0.25) is 0 Å². The lowest BCUT2D eigenvalue weighted by Gasteiger charge is -2.25. The molecule has 0 amide bonds. The van der Waals surface area contributed by atoms with Crippen molar-refractivity contribution in [2.24, 2.45) is 0 Å². The van der Waals surface area contributed by atoms with Gasteiger partial charge in [0.1, 0.15) is 24.0 Å². The van der Waals surface area contributed by atoms with Crippen LogP contribution in [0, 0.1) is 11.3 Å². The number of ether oxygens (including phenoxy) is 2. The zero-order valence-corrected chi connectivity index (χ0v) is 25.2. The van der Waals surface area contributed by atoms with Crippen LogP contribution >= 0.6 is 7.75 Å². The van der Waals surface area contributed by atoms with Gasteiger partial charge in [-0.15, -0.1) is 0 Å². The molecule has 3 N–H and O–H groups in total. The van der Waals surface area contributed by atoms with Crippen LogP contribution in [0.25, 0.3) is 11.1 Å². The number of benzene rings is 2. The highest BCUT2D eigenvalue weighted by Crippen LogP contribution is 2.47. The minimum absolute atomic E-state index is 0.0866. The van der Waals surface area contributed by atoms with E-state index in [1.54, 1.807) is 50.2 Å². The number of aliphatic hydroxyl groups is 1. The normalized spacial score (nSPS) is 23.5. The summed E-state index contributed by atoms with van der Waals surface area (Å²) in [7, 11) is -4.44. The number of nitrogens with zero attached hydrogens (tertiary/aromatic N) is 2. The summed E-state index contributed by atoms with van der Waals surface area (Å²) in [6, 6.07) is 15.1. The van der Waals surface area contributed by atoms with E-state index in [1.165, 1.54) is 19.1 Å². The Balaban J connectivity index is 1.55. The highest BCUT2D eigenvalue weighted by Gasteiger charge is 2.56. The average Bonchev–Trinajstić information content (AvgIpc) is 3.19. The van der Waals surface area contributed by atoms with Gasteiger partial charge < -0.3 is 19.1 Å². The number of esters is 1. The molecule has 44 heavy (non-hydrogen) atoms. The molecule has 0 bridgehead atoms. The van der Waals surface area contributed by atoms with Crippen LogP contribution in [-0.2, 0) is 23.4 Å². The minimum Gasteiger partial charge on any atom is -0.462 e. The number of hydrogen-bond acceptors (Lipinski definition) is 10. The third-order valence-electron chi connectivity index (χ3n) is 6.71. The maximum atomic E-state index is 15.6. The van der Waals surface area contributed by atoms with E-state index in [-0.39, 0.29) is 5.75 Å². The van der Waals surface area contributed by atoms with Gasteiger partial charge in [0.25, 0.3) is 5.56 Å². The van der Waals surface area contributed by atoms with Gasteiger partial charge >= 0.3 is 19.4 Å². The van der Waals surface area contributed by atoms with E-state index in [4.69, 9.17) is 23.8 Å². The van der Waals surface area contributed by atoms with Crippen molar-refractivity contribution in [1.29, 1.82) is 5.26 Å². The summed E-state index contributed by atoms with van der Waals surface area (Å²) >= 11 is 0. The van der Waals surface area contributed by atoms with Crippen LogP contribution in [0.4, 0.5) is 4.39 Å². The topological polar surface area (TPSA) is 182 Å². The monoisotopic (exact) mass is 630 g/mol. The minimum atomic E-state index is -4.44. The molecular formula is C29H32FN4O9P. The lowest BCUT2D eigenvalue weighted by atomic mass is 9.98. The van der Waals surface area contributed by atoms with E-state index in [0.29, 0.717) is 5.56 Å². The molecule has 0 spiro atoms. The van der Waals surface area contributed by atoms with Crippen LogP contribution in [0.15, 0.2) is 70.4 Å². The van der Waals surface area contributed by atoms with Gasteiger partial charge in [-0.1, -0.05) is 24.3 Å². The number of aromatic amines is 1. The molecule has 2 heterocycles. The SMILES string of the molecule is CC(C)OC(=O)[C@H](C)NP(=O)(OC[C@H]1O[C@@H](n2ccc(=O)[nH]c2=O)[C@](C)(F)[C@@H]1O)Oc1ccc(-c2ccc(C#N)cc2)cc1. The molecular weight excluding hydrogens is 598 g/mol. The van der Waals surface area contributed by atoms with Crippen molar-refractivity contribution in [1.82, 2.24) is 14.6 Å². The first-order valence-corrected chi connectivity index (χ1v) is 15.1. The maximum Gasteiger partial charge on any atom is 0.459 e. The van der Waals surface area contributed by atoms with Crippen molar-refractivity contribution >= 4 is 13.7 Å². The Hall–Kier alpha value is -4.12. The maximum absolute atomic E-state index is 15.6. The average molecular weight is 631 g/mol. The van der Waals surface area contributed by atoms with Crippen LogP contribution in [-0.4, -0.2) is 57.3 Å². The van der Waals surface area contributed by atoms with Gasteiger partial charge in [-0.3, -0.25) is 23.7 Å². The van der Waals surface area contributed by atoms with Crippen LogP contribution in [0.2, 0.25) is 0 Å². The molecule has 13 nitrogen and oxygen atoms in total. The van der Waals surface area contributed by atoms with E-state index < -0.39 is 67.8 Å². The van der Waals surface area contributed by atoms with Crippen LogP contribution in [0.3, 0.4) is 0 Å². The zero-order chi connectivity index (χ0) is 32.2. The summed E-state index contributed by atoms with van der Waals surface area (Å²) in [5.41, 5.74) is -2.10. The zero-order valence-electron chi connectivity index (χ0n) is 24.3. The number of halogens is 1. The van der Waals surface area contributed by atoms with Crippen molar-refractivity contribution in [3.63, 3.8) is 0 Å². The Morgan fingerprint density at radius 1 is 1.16 bits per heavy atom. The van der Waals surface area contributed by atoms with Gasteiger partial charge in [-0.25, -0.2) is 13.8 Å². The Morgan fingerprint density at radius 3 is 2.34 bits per heavy atom. The van der Waals surface area contributed by atoms with E-state index in [9.17, 15) is 24.1 Å². The summed E-state index contributed by atoms with van der Waals surface area (Å²) in [5, 5.41) is 22.2. The number of hydrogen-bond donors (Lipinski definition) is 3. The van der Waals surface area contributed by atoms with Crippen molar-refractivity contribution in [3.05, 3.63) is 87.2 Å². The number of carbonyl (C=O) groups is 1. The molecule has 234 valence electrons. The summed E-state index contributed by atoms with van der Waals surface area (Å²) < 4.78 is 52.4. The predicted molar refractivity (Wildman–Crippen MR) is 155 cm³/mol. The first kappa shape index (κ1) is 32.8. The van der Waals surface area contributed by atoms with Crippen molar-refractivity contribution < 1.29 is 37.4 Å². The van der Waals surface area contributed by atoms with Gasteiger partial charge in [-0.2, -0.15) is 10.3 Å². The Bertz CT molecular complexity index is 1680. The Labute approximate surface area is 251 Å². The van der Waals surface area contributed by atoms with Crippen molar-refractivity contribution in [2.75, 3.05) is 6.61 Å². The number of nitriles is 1. The third kappa shape index (κ3) is 7.50. The standard InChI is InChI=1S/C29H32FN4O9P/c1-17(2)41-26(37)18(3)33-44(39,43-22-11-9-21(10-12-22)20-7-5-19(15-31)6-8-20)40-16-23-25(36)29(4,30)27(42-23)34-14-13-24(35)32-28(34)38/h5-14,17-18,23,25,27,36H,16H2,1-4H3,(H,33,39)(H,32,35,38)/t18-,23+,25+,27+,29+,44?/m0/s1. The summed E-state index contributed by atoms with van der Waals surface area (Å²) in [6.07, 6.45) is -4.38. The lowest BCUT2D eigenvalue weighted by molar-refractivity contribution is -0.149. The van der Waals surface area contributed by atoms with E-state index in [2.05, 4.69) is 11.2 Å². The second kappa shape index (κ2) is 13.3. The molecule has 4 rings (SSSR count). The molecule has 1 saturated heterocycles. The quantitative estimate of drug-likeness (QED) is 0.209. The molecule has 6 atom stereocenters. The summed E-state index contributed by atoms with van der Waals surface area (Å²) in [6.45, 7) is 4.99. The van der Waals surface area contributed by atoms with Crippen LogP contribution in [0.5, 0.6) is 5.75 Å². The number of aromatic nitrogens is 2. The molecule has 1 aliphatic rings. The molecule has 1 aliphatic heterocycles. The molecule has 3 aromatic rings. The fourth-order valence-electron chi connectivity index (χ4n) is 4.43. The number of alkyl halides is 1. The third-order valence-corrected chi connectivity index (χ3v) is 8.36. The Morgan fingerprint density at radius 2 is 1.77 bits per heavy atom. The first-order chi connectivity index (χ1) is 20.7. The molecule has 1 aromatic heterocycles. The van der Waals surface area contributed by atoms with Crippen molar-refractivity contribution in [2.45, 2.75) is 63.9 Å². The van der Waals surface area contributed by atoms with Crippen LogP contribution in [0.1, 0.15) is 39.5 Å². The molecule has 15 heteroatoms. The summed E-state index contributed by atoms with van der Waals surface area (Å²) in [5.74, 6) is -0.655. The smallest absolute Gasteiger partial charge is 0.459 e. The fourth-order valence-corrected chi connectivity index (χ4v) is 5.93. The van der Waals surface area contributed by atoms with E-state index in [0.717, 1.165) is 34.9 Å². The van der Waals surface area contributed by atoms with E-state index >= 15 is 4.39 Å². The molecule has 0 saturated carbocycles. The lowest BCUT2D eigenvalue weighted by Crippen LogP contribution is -2.43. The second-order valence-corrected chi connectivity index (χ2v) is 12.3. The highest BCUT2D eigenvalue weighted by atomic mass is 31.2. The Kier molecular flexibility index (Phi) is 9.88. The number of rotatable bonds is 11. The second-order valence-electron chi connectivity index (χ2n) is 10.6. The number of carbonyl (C=O) groups excluding carboxylic acids is 1. The van der Waals surface area contributed by atoms with Crippen molar-refractivity contribution in [3.8, 4) is 22.9 Å². The number of aliphatic hydroxyl groups excluding tert-OH is 1. The highest BCUT2D eigenvalue weighted by molar-refractivity contribution is 7.52.